The number of ether oxygens (including phenoxy) is 1. The lowest BCUT2D eigenvalue weighted by molar-refractivity contribution is -0.148. The summed E-state index contributed by atoms with van der Waals surface area (Å²) in [6, 6.07) is 7.52. The van der Waals surface area contributed by atoms with Crippen LogP contribution in [0.2, 0.25) is 0 Å². The average Bonchev–Trinajstić information content (AvgIpc) is 3.01. The fourth-order valence-corrected chi connectivity index (χ4v) is 2.09. The Morgan fingerprint density at radius 2 is 2.04 bits per heavy atom. The summed E-state index contributed by atoms with van der Waals surface area (Å²) in [7, 11) is 0. The number of aromatic nitrogens is 2. The summed E-state index contributed by atoms with van der Waals surface area (Å²) in [6.45, 7) is 5.34. The first-order chi connectivity index (χ1) is 11.9. The van der Waals surface area contributed by atoms with Gasteiger partial charge in [0.2, 0.25) is 0 Å². The molecule has 1 aromatic heterocycles. The molecule has 0 saturated heterocycles. The van der Waals surface area contributed by atoms with E-state index in [1.54, 1.807) is 23.0 Å². The summed E-state index contributed by atoms with van der Waals surface area (Å²) in [4.78, 5) is 23.9. The highest BCUT2D eigenvalue weighted by Crippen LogP contribution is 2.13. The molecule has 1 heterocycles. The molecule has 0 fully saturated rings. The zero-order chi connectivity index (χ0) is 18.4. The van der Waals surface area contributed by atoms with Gasteiger partial charge >= 0.3 is 5.97 Å². The molecular weight excluding hydrogens is 325 g/mol. The Bertz CT molecular complexity index is 783. The van der Waals surface area contributed by atoms with Crippen molar-refractivity contribution in [1.82, 2.24) is 9.78 Å². The molecule has 0 unspecified atom stereocenters. The number of hydrogen-bond donors (Lipinski definition) is 1. The summed E-state index contributed by atoms with van der Waals surface area (Å²) in [5, 5.41) is 6.78. The predicted molar refractivity (Wildman–Crippen MR) is 92.2 cm³/mol. The van der Waals surface area contributed by atoms with Gasteiger partial charge < -0.3 is 10.1 Å². The summed E-state index contributed by atoms with van der Waals surface area (Å²) in [5.41, 5.74) is 0.523. The lowest BCUT2D eigenvalue weighted by Gasteiger charge is -2.15. The Balaban J connectivity index is 1.92. The van der Waals surface area contributed by atoms with Gasteiger partial charge in [0.15, 0.2) is 6.10 Å². The van der Waals surface area contributed by atoms with Gasteiger partial charge in [0.05, 0.1) is 6.20 Å². The van der Waals surface area contributed by atoms with E-state index in [1.807, 2.05) is 13.8 Å². The first kappa shape index (κ1) is 18.4. The van der Waals surface area contributed by atoms with E-state index in [1.165, 1.54) is 31.2 Å². The molecule has 7 heteroatoms. The number of anilines is 1. The molecule has 25 heavy (non-hydrogen) atoms. The van der Waals surface area contributed by atoms with Gasteiger partial charge in [-0.3, -0.25) is 4.79 Å². The van der Waals surface area contributed by atoms with E-state index in [-0.39, 0.29) is 6.04 Å². The number of halogens is 1. The number of carbonyl (C=O) groups is 2. The summed E-state index contributed by atoms with van der Waals surface area (Å²) >= 11 is 0. The van der Waals surface area contributed by atoms with Crippen molar-refractivity contribution in [1.29, 1.82) is 0 Å². The summed E-state index contributed by atoms with van der Waals surface area (Å²) in [6.07, 6.45) is 3.16. The van der Waals surface area contributed by atoms with E-state index in [2.05, 4.69) is 10.4 Å². The lowest BCUT2D eigenvalue weighted by atomic mass is 10.2. The van der Waals surface area contributed by atoms with Gasteiger partial charge in [-0.15, -0.1) is 0 Å². The Labute approximate surface area is 145 Å². The third-order valence-electron chi connectivity index (χ3n) is 3.33. The van der Waals surface area contributed by atoms with Gasteiger partial charge in [-0.2, -0.15) is 5.10 Å². The number of benzene rings is 1. The maximum absolute atomic E-state index is 13.1. The Hall–Kier alpha value is -2.96. The third-order valence-corrected chi connectivity index (χ3v) is 3.33. The third kappa shape index (κ3) is 5.27. The van der Waals surface area contributed by atoms with Crippen molar-refractivity contribution in [3.05, 3.63) is 54.0 Å². The highest BCUT2D eigenvalue weighted by molar-refractivity contribution is 5.96. The minimum atomic E-state index is -0.986. The number of rotatable bonds is 6. The van der Waals surface area contributed by atoms with Crippen molar-refractivity contribution in [2.75, 3.05) is 5.32 Å². The largest absolute Gasteiger partial charge is 0.449 e. The SMILES string of the molecule is CC(C)n1nccc1NC(=O)[C@@H](C)OC(=O)/C=C/c1cccc(F)c1. The molecule has 6 nitrogen and oxygen atoms in total. The maximum atomic E-state index is 13.1. The standard InChI is InChI=1S/C18H20FN3O3/c1-12(2)22-16(9-10-20-22)21-18(24)13(3)25-17(23)8-7-14-5-4-6-15(19)11-14/h4-13H,1-3H3,(H,21,24)/b8-7+/t13-/m1/s1. The topological polar surface area (TPSA) is 73.2 Å². The van der Waals surface area contributed by atoms with Crippen molar-refractivity contribution in [3.63, 3.8) is 0 Å². The number of carbonyl (C=O) groups excluding carboxylic acids is 2. The smallest absolute Gasteiger partial charge is 0.331 e. The van der Waals surface area contributed by atoms with Crippen LogP contribution in [0.3, 0.4) is 0 Å². The van der Waals surface area contributed by atoms with Crippen molar-refractivity contribution in [3.8, 4) is 0 Å². The Morgan fingerprint density at radius 3 is 2.72 bits per heavy atom. The number of amides is 1. The lowest BCUT2D eigenvalue weighted by Crippen LogP contribution is -2.30. The fourth-order valence-electron chi connectivity index (χ4n) is 2.09. The van der Waals surface area contributed by atoms with E-state index >= 15 is 0 Å². The number of nitrogens with one attached hydrogen (secondary N) is 1. The molecule has 0 radical (unpaired) electrons. The summed E-state index contributed by atoms with van der Waals surface area (Å²) < 4.78 is 19.8. The zero-order valence-corrected chi connectivity index (χ0v) is 14.3. The monoisotopic (exact) mass is 345 g/mol. The molecule has 0 bridgehead atoms. The molecule has 1 aromatic carbocycles. The number of esters is 1. The van der Waals surface area contributed by atoms with Crippen LogP contribution in [0.4, 0.5) is 10.2 Å². The molecule has 1 atom stereocenters. The summed E-state index contributed by atoms with van der Waals surface area (Å²) in [5.74, 6) is -1.03. The molecular formula is C18H20FN3O3. The van der Waals surface area contributed by atoms with Crippen LogP contribution in [0.15, 0.2) is 42.6 Å². The molecule has 0 aliphatic rings. The van der Waals surface area contributed by atoms with Gasteiger partial charge in [0.25, 0.3) is 5.91 Å². The highest BCUT2D eigenvalue weighted by atomic mass is 19.1. The first-order valence-electron chi connectivity index (χ1n) is 7.85. The second kappa shape index (κ2) is 8.23. The van der Waals surface area contributed by atoms with Crippen LogP contribution in [0.25, 0.3) is 6.08 Å². The minimum absolute atomic E-state index is 0.0809. The van der Waals surface area contributed by atoms with E-state index in [0.717, 1.165) is 6.08 Å². The van der Waals surface area contributed by atoms with Crippen molar-refractivity contribution in [2.24, 2.45) is 0 Å². The number of hydrogen-bond acceptors (Lipinski definition) is 4. The Morgan fingerprint density at radius 1 is 1.28 bits per heavy atom. The molecule has 1 amide bonds. The van der Waals surface area contributed by atoms with E-state index in [9.17, 15) is 14.0 Å². The maximum Gasteiger partial charge on any atom is 0.331 e. The average molecular weight is 345 g/mol. The quantitative estimate of drug-likeness (QED) is 0.645. The van der Waals surface area contributed by atoms with Crippen LogP contribution in [0.1, 0.15) is 32.4 Å². The van der Waals surface area contributed by atoms with E-state index < -0.39 is 23.8 Å². The van der Waals surface area contributed by atoms with E-state index in [0.29, 0.717) is 11.4 Å². The van der Waals surface area contributed by atoms with Crippen LogP contribution in [-0.4, -0.2) is 27.8 Å². The molecule has 2 aromatic rings. The molecule has 0 saturated carbocycles. The first-order valence-corrected chi connectivity index (χ1v) is 7.85. The van der Waals surface area contributed by atoms with Gasteiger partial charge in [0, 0.05) is 18.2 Å². The van der Waals surface area contributed by atoms with Crippen LogP contribution >= 0.6 is 0 Å². The van der Waals surface area contributed by atoms with Crippen molar-refractivity contribution in [2.45, 2.75) is 32.9 Å². The van der Waals surface area contributed by atoms with Crippen molar-refractivity contribution < 1.29 is 18.7 Å². The van der Waals surface area contributed by atoms with Gasteiger partial charge in [0.1, 0.15) is 11.6 Å². The van der Waals surface area contributed by atoms with Crippen LogP contribution < -0.4 is 5.32 Å². The van der Waals surface area contributed by atoms with Gasteiger partial charge in [-0.1, -0.05) is 12.1 Å². The van der Waals surface area contributed by atoms with Gasteiger partial charge in [-0.05, 0) is 44.5 Å². The predicted octanol–water partition coefficient (Wildman–Crippen LogP) is 3.19. The zero-order valence-electron chi connectivity index (χ0n) is 14.3. The minimum Gasteiger partial charge on any atom is -0.449 e. The normalized spacial score (nSPS) is 12.4. The second-order valence-corrected chi connectivity index (χ2v) is 5.71. The molecule has 132 valence electrons. The molecule has 0 spiro atoms. The molecule has 0 aliphatic carbocycles. The molecule has 2 rings (SSSR count). The molecule has 1 N–H and O–H groups in total. The number of nitrogens with zero attached hydrogens (tertiary/aromatic N) is 2. The second-order valence-electron chi connectivity index (χ2n) is 5.71. The van der Waals surface area contributed by atoms with Gasteiger partial charge in [-0.25, -0.2) is 13.9 Å². The molecule has 0 aliphatic heterocycles. The van der Waals surface area contributed by atoms with Crippen LogP contribution in [0, 0.1) is 5.82 Å². The van der Waals surface area contributed by atoms with Crippen LogP contribution in [-0.2, 0) is 14.3 Å². The highest BCUT2D eigenvalue weighted by Gasteiger charge is 2.18. The Kier molecular flexibility index (Phi) is 6.05. The van der Waals surface area contributed by atoms with Crippen LogP contribution in [0.5, 0.6) is 0 Å². The fraction of sp³-hybridized carbons (Fsp3) is 0.278. The van der Waals surface area contributed by atoms with E-state index in [4.69, 9.17) is 4.74 Å². The van der Waals surface area contributed by atoms with Crippen molar-refractivity contribution >= 4 is 23.8 Å².